The highest BCUT2D eigenvalue weighted by Crippen LogP contribution is 2.54. The molecule has 3 atom stereocenters. The first-order chi connectivity index (χ1) is 18.6. The van der Waals surface area contributed by atoms with E-state index < -0.39 is 42.3 Å². The number of hydrogen-bond donors (Lipinski definition) is 3. The molecule has 208 valence electrons. The van der Waals surface area contributed by atoms with E-state index in [0.717, 1.165) is 25.7 Å². The number of amides is 2. The third kappa shape index (κ3) is 5.00. The van der Waals surface area contributed by atoms with Crippen LogP contribution in [0.5, 0.6) is 0 Å². The van der Waals surface area contributed by atoms with Gasteiger partial charge in [-0.25, -0.2) is 9.37 Å². The fraction of sp³-hybridized carbons (Fsp3) is 0.556. The van der Waals surface area contributed by atoms with Crippen LogP contribution in [-0.4, -0.2) is 43.8 Å². The molecule has 12 heteroatoms. The first-order valence-electron chi connectivity index (χ1n) is 13.5. The van der Waals surface area contributed by atoms with Crippen molar-refractivity contribution in [2.24, 2.45) is 23.7 Å². The van der Waals surface area contributed by atoms with Gasteiger partial charge in [-0.15, -0.1) is 0 Å². The van der Waals surface area contributed by atoms with Crippen molar-refractivity contribution in [3.05, 3.63) is 47.3 Å². The lowest BCUT2D eigenvalue weighted by atomic mass is 9.88. The van der Waals surface area contributed by atoms with Crippen LogP contribution < -0.4 is 10.6 Å². The van der Waals surface area contributed by atoms with E-state index in [9.17, 15) is 22.8 Å². The molecule has 2 saturated carbocycles. The Morgan fingerprint density at radius 1 is 1.18 bits per heavy atom. The van der Waals surface area contributed by atoms with E-state index in [1.165, 1.54) is 6.07 Å². The quantitative estimate of drug-likeness (QED) is 0.345. The highest BCUT2D eigenvalue weighted by atomic mass is 19.4. The summed E-state index contributed by atoms with van der Waals surface area (Å²) in [7, 11) is 0. The van der Waals surface area contributed by atoms with Gasteiger partial charge in [-0.2, -0.15) is 18.3 Å². The lowest BCUT2D eigenvalue weighted by Gasteiger charge is -2.27. The van der Waals surface area contributed by atoms with E-state index in [2.05, 4.69) is 20.4 Å². The van der Waals surface area contributed by atoms with E-state index in [-0.39, 0.29) is 29.3 Å². The molecule has 0 bridgehead atoms. The number of alkyl halides is 3. The third-order valence-electron chi connectivity index (χ3n) is 8.31. The fourth-order valence-electron chi connectivity index (χ4n) is 6.04. The smallest absolute Gasteiger partial charge is 0.344 e. The second kappa shape index (κ2) is 9.63. The Morgan fingerprint density at radius 2 is 1.90 bits per heavy atom. The molecule has 39 heavy (non-hydrogen) atoms. The molecule has 1 aromatic carbocycles. The minimum absolute atomic E-state index is 0.0523. The molecule has 1 aliphatic heterocycles. The standard InChI is InChI=1S/C27H30F4N6O2/c1-2-37-18(9-10-32-37)26(39)36-23(20(13-3-4-13)14-5-6-14)24-33-17-8-7-15(21(28)22(17)35-24)11-16-12-19(27(29,30)31)34-25(16)38/h7-10,13-14,16,19-20,23H,2-6,11-12H2,1H3,(H,33,35)(H,34,38)(H,36,39)/t16-,19-,23-/m0/s1. The van der Waals surface area contributed by atoms with E-state index >= 15 is 4.39 Å². The highest BCUT2D eigenvalue weighted by Gasteiger charge is 2.49. The van der Waals surface area contributed by atoms with Gasteiger partial charge in [0.1, 0.15) is 23.1 Å². The first-order valence-corrected chi connectivity index (χ1v) is 13.5. The van der Waals surface area contributed by atoms with E-state index in [0.29, 0.717) is 35.4 Å². The van der Waals surface area contributed by atoms with Crippen molar-refractivity contribution in [1.82, 2.24) is 30.4 Å². The van der Waals surface area contributed by atoms with Crippen LogP contribution in [0.1, 0.15) is 66.9 Å². The number of fused-ring (bicyclic) bond motifs is 1. The maximum atomic E-state index is 15.6. The second-order valence-electron chi connectivity index (χ2n) is 11.0. The van der Waals surface area contributed by atoms with E-state index in [1.54, 1.807) is 23.0 Å². The second-order valence-corrected chi connectivity index (χ2v) is 11.0. The number of nitrogens with zero attached hydrogens (tertiary/aromatic N) is 3. The molecular weight excluding hydrogens is 516 g/mol. The summed E-state index contributed by atoms with van der Waals surface area (Å²) in [5.41, 5.74) is 1.05. The highest BCUT2D eigenvalue weighted by molar-refractivity contribution is 5.92. The van der Waals surface area contributed by atoms with Gasteiger partial charge in [0.15, 0.2) is 5.82 Å². The zero-order valence-electron chi connectivity index (χ0n) is 21.4. The largest absolute Gasteiger partial charge is 0.408 e. The predicted octanol–water partition coefficient (Wildman–Crippen LogP) is 4.44. The van der Waals surface area contributed by atoms with Crippen LogP contribution in [0.15, 0.2) is 24.4 Å². The number of carbonyl (C=O) groups is 2. The summed E-state index contributed by atoms with van der Waals surface area (Å²) in [6, 6.07) is 2.40. The summed E-state index contributed by atoms with van der Waals surface area (Å²) in [5, 5.41) is 9.31. The average Bonchev–Trinajstić information content (AvgIpc) is 3.78. The summed E-state index contributed by atoms with van der Waals surface area (Å²) >= 11 is 0. The van der Waals surface area contributed by atoms with Crippen LogP contribution in [0, 0.1) is 29.5 Å². The zero-order chi connectivity index (χ0) is 27.5. The maximum absolute atomic E-state index is 15.6. The van der Waals surface area contributed by atoms with Crippen molar-refractivity contribution in [3.63, 3.8) is 0 Å². The number of aromatic nitrogens is 4. The Morgan fingerprint density at radius 3 is 2.51 bits per heavy atom. The van der Waals surface area contributed by atoms with Gasteiger partial charge in [0.2, 0.25) is 5.91 Å². The molecule has 0 unspecified atom stereocenters. The summed E-state index contributed by atoms with van der Waals surface area (Å²) in [6.45, 7) is 2.44. The molecule has 3 N–H and O–H groups in total. The average molecular weight is 547 g/mol. The number of rotatable bonds is 9. The van der Waals surface area contributed by atoms with Crippen molar-refractivity contribution >= 4 is 22.8 Å². The number of hydrogen-bond acceptors (Lipinski definition) is 4. The van der Waals surface area contributed by atoms with Crippen LogP contribution in [-0.2, 0) is 17.8 Å². The van der Waals surface area contributed by atoms with Crippen molar-refractivity contribution in [2.75, 3.05) is 0 Å². The number of carbonyl (C=O) groups excluding carboxylic acids is 2. The zero-order valence-corrected chi connectivity index (χ0v) is 21.4. The van der Waals surface area contributed by atoms with Gasteiger partial charge in [0.05, 0.1) is 11.6 Å². The molecule has 1 saturated heterocycles. The number of imidazole rings is 1. The number of benzene rings is 1. The lowest BCUT2D eigenvalue weighted by molar-refractivity contribution is -0.154. The van der Waals surface area contributed by atoms with Crippen molar-refractivity contribution in [2.45, 2.75) is 70.3 Å². The Kier molecular flexibility index (Phi) is 6.38. The lowest BCUT2D eigenvalue weighted by Crippen LogP contribution is -2.38. The van der Waals surface area contributed by atoms with E-state index in [4.69, 9.17) is 0 Å². The van der Waals surface area contributed by atoms with Gasteiger partial charge < -0.3 is 15.6 Å². The monoisotopic (exact) mass is 546 g/mol. The van der Waals surface area contributed by atoms with Gasteiger partial charge in [-0.1, -0.05) is 6.07 Å². The molecule has 8 nitrogen and oxygen atoms in total. The SMILES string of the molecule is CCn1nccc1C(=O)N[C@H](c1nc2c(F)c(C[C@H]3C[C@@H](C(F)(F)F)NC3=O)ccc2[nH]1)C(C1CC1)C1CC1. The number of aryl methyl sites for hydroxylation is 1. The van der Waals surface area contributed by atoms with Crippen molar-refractivity contribution in [3.8, 4) is 0 Å². The van der Waals surface area contributed by atoms with Crippen LogP contribution in [0.25, 0.3) is 11.0 Å². The molecule has 3 aromatic rings. The molecule has 6 rings (SSSR count). The topological polar surface area (TPSA) is 105 Å². The third-order valence-corrected chi connectivity index (χ3v) is 8.31. The Labute approximate surface area is 221 Å². The minimum Gasteiger partial charge on any atom is -0.344 e. The van der Waals surface area contributed by atoms with E-state index in [1.807, 2.05) is 12.2 Å². The molecule has 3 heterocycles. The molecule has 2 aliphatic carbocycles. The molecule has 0 radical (unpaired) electrons. The molecule has 3 aliphatic rings. The Balaban J connectivity index is 1.30. The summed E-state index contributed by atoms with van der Waals surface area (Å²) in [4.78, 5) is 33.3. The normalized spacial score (nSPS) is 22.5. The molecule has 3 fully saturated rings. The van der Waals surface area contributed by atoms with Crippen LogP contribution in [0.2, 0.25) is 0 Å². The molecule has 2 aromatic heterocycles. The van der Waals surface area contributed by atoms with Crippen molar-refractivity contribution in [1.29, 1.82) is 0 Å². The maximum Gasteiger partial charge on any atom is 0.408 e. The van der Waals surface area contributed by atoms with Gasteiger partial charge in [-0.3, -0.25) is 14.3 Å². The number of H-pyrrole nitrogens is 1. The van der Waals surface area contributed by atoms with Crippen LogP contribution >= 0.6 is 0 Å². The number of nitrogens with one attached hydrogen (secondary N) is 3. The van der Waals surface area contributed by atoms with Gasteiger partial charge in [-0.05, 0) is 80.9 Å². The number of aromatic amines is 1. The summed E-state index contributed by atoms with van der Waals surface area (Å²) < 4.78 is 56.5. The minimum atomic E-state index is -4.54. The first kappa shape index (κ1) is 25.8. The predicted molar refractivity (Wildman–Crippen MR) is 133 cm³/mol. The molecule has 0 spiro atoms. The Hall–Kier alpha value is -3.44. The summed E-state index contributed by atoms with van der Waals surface area (Å²) in [5.74, 6) is -1.13. The fourth-order valence-corrected chi connectivity index (χ4v) is 6.04. The number of halogens is 4. The van der Waals surface area contributed by atoms with Gasteiger partial charge in [0, 0.05) is 18.7 Å². The van der Waals surface area contributed by atoms with Crippen LogP contribution in [0.4, 0.5) is 17.6 Å². The summed E-state index contributed by atoms with van der Waals surface area (Å²) in [6.07, 6.45) is 0.727. The van der Waals surface area contributed by atoms with Crippen molar-refractivity contribution < 1.29 is 27.2 Å². The molecular formula is C27H30F4N6O2. The Bertz CT molecular complexity index is 1390. The molecule has 2 amide bonds. The van der Waals surface area contributed by atoms with Gasteiger partial charge in [0.25, 0.3) is 5.91 Å². The van der Waals surface area contributed by atoms with Gasteiger partial charge >= 0.3 is 6.18 Å². The van der Waals surface area contributed by atoms with Crippen LogP contribution in [0.3, 0.4) is 0 Å².